The van der Waals surface area contributed by atoms with Crippen LogP contribution in [0.1, 0.15) is 12.5 Å². The van der Waals surface area contributed by atoms with E-state index in [1.165, 1.54) is 16.8 Å². The summed E-state index contributed by atoms with van der Waals surface area (Å²) in [5, 5.41) is 0.142. The van der Waals surface area contributed by atoms with Crippen molar-refractivity contribution in [1.29, 1.82) is 0 Å². The molecule has 0 aliphatic carbocycles. The Bertz CT molecular complexity index is 2010. The molecule has 242 valence electrons. The van der Waals surface area contributed by atoms with Crippen LogP contribution in [-0.4, -0.2) is 84.0 Å². The number of halogens is 2. The molecule has 7 rings (SSSR count). The first kappa shape index (κ1) is 31.0. The summed E-state index contributed by atoms with van der Waals surface area (Å²) < 4.78 is 94.1. The number of thiol groups is 2. The van der Waals surface area contributed by atoms with Crippen LogP contribution >= 0.6 is 38.1 Å². The number of alkyl halides is 2. The van der Waals surface area contributed by atoms with Crippen molar-refractivity contribution in [1.82, 2.24) is 34.1 Å². The molecule has 0 spiro atoms. The van der Waals surface area contributed by atoms with Gasteiger partial charge in [0.05, 0.1) is 31.3 Å². The molecule has 4 aromatic rings. The lowest BCUT2D eigenvalue weighted by molar-refractivity contribution is -0.0563. The highest BCUT2D eigenvalue weighted by atomic mass is 32.7. The van der Waals surface area contributed by atoms with Crippen LogP contribution in [0.2, 0.25) is 0 Å². The van der Waals surface area contributed by atoms with Gasteiger partial charge in [0.25, 0.3) is 11.1 Å². The number of nitrogens with zero attached hydrogens (tertiary/aromatic N) is 5. The zero-order chi connectivity index (χ0) is 31.8. The fraction of sp³-hybridized carbons (Fsp3) is 0.476. The number of hydrogen-bond acceptors (Lipinski definition) is 14. The van der Waals surface area contributed by atoms with Crippen molar-refractivity contribution in [3.8, 4) is 0 Å². The van der Waals surface area contributed by atoms with E-state index in [4.69, 9.17) is 33.3 Å². The minimum atomic E-state index is -4.51. The maximum Gasteiger partial charge on any atom is 0.386 e. The molecule has 2 bridgehead atoms. The number of rotatable bonds is 2. The van der Waals surface area contributed by atoms with Gasteiger partial charge in [-0.2, -0.15) is 4.98 Å². The molecule has 10 atom stereocenters. The van der Waals surface area contributed by atoms with Gasteiger partial charge in [-0.05, 0) is 6.07 Å². The normalized spacial score (nSPS) is 37.7. The van der Waals surface area contributed by atoms with Gasteiger partial charge in [0.1, 0.15) is 30.1 Å². The maximum absolute atomic E-state index is 16.0. The lowest BCUT2D eigenvalue weighted by atomic mass is 10.1. The molecule has 4 N–H and O–H groups in total. The number of anilines is 1. The van der Waals surface area contributed by atoms with Crippen molar-refractivity contribution in [3.05, 3.63) is 45.6 Å². The molecular formula is C21H22F2N8O10P2S2. The molecule has 18 nitrogen and oxygen atoms in total. The Kier molecular flexibility index (Phi) is 7.75. The molecule has 3 fully saturated rings. The van der Waals surface area contributed by atoms with Crippen molar-refractivity contribution < 1.29 is 45.5 Å². The summed E-state index contributed by atoms with van der Waals surface area (Å²) >= 11 is 7.92. The molecule has 7 heterocycles. The van der Waals surface area contributed by atoms with E-state index in [0.29, 0.717) is 0 Å². The van der Waals surface area contributed by atoms with E-state index in [-0.39, 0.29) is 28.1 Å². The van der Waals surface area contributed by atoms with Gasteiger partial charge < -0.3 is 24.8 Å². The zero-order valence-electron chi connectivity index (χ0n) is 22.3. The van der Waals surface area contributed by atoms with Crippen LogP contribution in [0.5, 0.6) is 0 Å². The Morgan fingerprint density at radius 1 is 0.911 bits per heavy atom. The average Bonchev–Trinajstić information content (AvgIpc) is 3.72. The van der Waals surface area contributed by atoms with Gasteiger partial charge in [-0.1, -0.05) is 24.5 Å². The number of imidazole rings is 1. The van der Waals surface area contributed by atoms with E-state index in [9.17, 15) is 18.7 Å². The van der Waals surface area contributed by atoms with Crippen LogP contribution in [0.3, 0.4) is 0 Å². The molecule has 45 heavy (non-hydrogen) atoms. The number of aromatic nitrogens is 7. The number of nitrogens with two attached hydrogens (primary N) is 1. The number of H-pyrrole nitrogens is 2. The molecule has 4 aromatic heterocycles. The van der Waals surface area contributed by atoms with Gasteiger partial charge in [0, 0.05) is 6.20 Å². The van der Waals surface area contributed by atoms with Crippen molar-refractivity contribution in [2.45, 2.75) is 49.2 Å². The first-order valence-electron chi connectivity index (χ1n) is 13.0. The van der Waals surface area contributed by atoms with Crippen LogP contribution in [0, 0.1) is 0 Å². The standard InChI is InChI=1S/C21H22F2N8O10P2S2/c22-10-8-3-36-42(34,44)40-13-9(39-19(11(13)23)30-2-1-7-15(30)25-5-26-17(7)32)4-37-43(35,45)41-14(10)20(38-8)31-6-27-12-16(31)28-21(24)29-18(12)33/h1-2,5-6,8-11,13-14,19-20H,3-4H2,(H,34,44)(H,35,45)(H,25,26,32)(H3,24,28,29,33)/t8-,9-,10-,11+,13-,14-,19-,20?,42?,43?/m1/s1. The molecule has 3 saturated heterocycles. The Morgan fingerprint density at radius 3 is 2.36 bits per heavy atom. The molecule has 0 aromatic carbocycles. The third-order valence-corrected chi connectivity index (χ3v) is 10.6. The van der Waals surface area contributed by atoms with Crippen LogP contribution in [-0.2, 0) is 36.7 Å². The quantitative estimate of drug-likeness (QED) is 0.148. The first-order chi connectivity index (χ1) is 21.3. The predicted octanol–water partition coefficient (Wildman–Crippen LogP) is 1.80. The van der Waals surface area contributed by atoms with Crippen LogP contribution < -0.4 is 16.9 Å². The largest absolute Gasteiger partial charge is 0.386 e. The van der Waals surface area contributed by atoms with E-state index >= 15 is 8.78 Å². The highest BCUT2D eigenvalue weighted by Gasteiger charge is 2.54. The van der Waals surface area contributed by atoms with Gasteiger partial charge in [0.15, 0.2) is 36.0 Å². The topological polar surface area (TPSA) is 230 Å². The monoisotopic (exact) mass is 710 g/mol. The van der Waals surface area contributed by atoms with Gasteiger partial charge >= 0.3 is 13.6 Å². The SMILES string of the molecule is Nc1nc2c(ncn2C2O[C@@H]3COP(=O)(S)O[C@H]4[C@H](F)[C@H](n5ccc6c(=O)[nH]cnc65)O[C@@H]4COP(=O)(S)O[C@@H]2[C@@H]3F)c(=O)[nH]1. The van der Waals surface area contributed by atoms with Gasteiger partial charge in [-0.3, -0.25) is 37.2 Å². The van der Waals surface area contributed by atoms with Crippen LogP contribution in [0.15, 0.2) is 34.5 Å². The molecular weight excluding hydrogens is 688 g/mol. The van der Waals surface area contributed by atoms with Crippen molar-refractivity contribution >= 4 is 66.2 Å². The summed E-state index contributed by atoms with van der Waals surface area (Å²) in [5.74, 6) is -0.272. The van der Waals surface area contributed by atoms with Crippen LogP contribution in [0.4, 0.5) is 14.7 Å². The predicted molar refractivity (Wildman–Crippen MR) is 155 cm³/mol. The van der Waals surface area contributed by atoms with Crippen molar-refractivity contribution in [2.75, 3.05) is 18.9 Å². The van der Waals surface area contributed by atoms with E-state index in [2.05, 4.69) is 49.4 Å². The summed E-state index contributed by atoms with van der Waals surface area (Å²) in [6.45, 7) is -10.5. The summed E-state index contributed by atoms with van der Waals surface area (Å²) in [5.41, 5.74) is 4.30. The molecule has 0 amide bonds. The molecule has 0 saturated carbocycles. The van der Waals surface area contributed by atoms with E-state index in [1.54, 1.807) is 0 Å². The second kappa shape index (κ2) is 11.3. The minimum Gasteiger partial charge on any atom is -0.369 e. The fourth-order valence-electron chi connectivity index (χ4n) is 5.36. The fourth-order valence-corrected chi connectivity index (χ4v) is 8.30. The van der Waals surface area contributed by atoms with Gasteiger partial charge in [0.2, 0.25) is 5.95 Å². The lowest BCUT2D eigenvalue weighted by Crippen LogP contribution is -2.33. The van der Waals surface area contributed by atoms with Crippen molar-refractivity contribution in [2.24, 2.45) is 0 Å². The Balaban J connectivity index is 1.21. The highest BCUT2D eigenvalue weighted by Crippen LogP contribution is 2.60. The summed E-state index contributed by atoms with van der Waals surface area (Å²) in [6.07, 6.45) is -9.95. The number of aromatic amines is 2. The average molecular weight is 711 g/mol. The molecule has 3 unspecified atom stereocenters. The highest BCUT2D eigenvalue weighted by molar-refractivity contribution is 8.44. The second-order valence-corrected chi connectivity index (χ2v) is 15.9. The molecule has 24 heteroatoms. The molecule has 0 radical (unpaired) electrons. The Hall–Kier alpha value is -2.65. The van der Waals surface area contributed by atoms with E-state index in [1.807, 2.05) is 0 Å². The van der Waals surface area contributed by atoms with Crippen molar-refractivity contribution in [3.63, 3.8) is 0 Å². The first-order valence-corrected chi connectivity index (χ1v) is 18.4. The lowest BCUT2D eigenvalue weighted by Gasteiger charge is -2.26. The van der Waals surface area contributed by atoms with E-state index in [0.717, 1.165) is 17.2 Å². The number of nitrogen functional groups attached to an aromatic ring is 1. The number of ether oxygens (including phenoxy) is 2. The zero-order valence-corrected chi connectivity index (χ0v) is 25.9. The summed E-state index contributed by atoms with van der Waals surface area (Å²) in [7, 11) is 0. The maximum atomic E-state index is 16.0. The molecule has 3 aliphatic heterocycles. The van der Waals surface area contributed by atoms with Gasteiger partial charge in [-0.25, -0.2) is 27.9 Å². The Morgan fingerprint density at radius 2 is 1.60 bits per heavy atom. The third kappa shape index (κ3) is 5.56. The summed E-state index contributed by atoms with van der Waals surface area (Å²) in [6, 6.07) is 1.40. The van der Waals surface area contributed by atoms with Gasteiger partial charge in [-0.15, -0.1) is 0 Å². The molecule has 3 aliphatic rings. The summed E-state index contributed by atoms with van der Waals surface area (Å²) in [4.78, 5) is 41.2. The number of nitrogens with one attached hydrogen (secondary N) is 2. The second-order valence-electron chi connectivity index (χ2n) is 10.2. The third-order valence-electron chi connectivity index (χ3n) is 7.36. The minimum absolute atomic E-state index is 0.0774. The Labute approximate surface area is 259 Å². The number of fused-ring (bicyclic) bond motifs is 5. The van der Waals surface area contributed by atoms with Crippen LogP contribution in [0.25, 0.3) is 22.2 Å². The number of hydrogen-bond donors (Lipinski definition) is 5. The smallest absolute Gasteiger partial charge is 0.369 e. The van der Waals surface area contributed by atoms with E-state index < -0.39 is 87.1 Å².